The first-order valence-corrected chi connectivity index (χ1v) is 8.82. The zero-order valence-electron chi connectivity index (χ0n) is 14.3. The second-order valence-electron chi connectivity index (χ2n) is 7.32. The molecule has 1 heterocycles. The molecule has 1 aliphatic heterocycles. The van der Waals surface area contributed by atoms with Gasteiger partial charge < -0.3 is 14.4 Å². The zero-order valence-corrected chi connectivity index (χ0v) is 15.9. The van der Waals surface area contributed by atoms with E-state index in [1.807, 2.05) is 20.8 Å². The fourth-order valence-electron chi connectivity index (χ4n) is 2.85. The summed E-state index contributed by atoms with van der Waals surface area (Å²) in [6, 6.07) is 4.79. The van der Waals surface area contributed by atoms with Crippen molar-refractivity contribution in [2.75, 3.05) is 13.1 Å². The van der Waals surface area contributed by atoms with Crippen molar-refractivity contribution in [1.29, 1.82) is 0 Å². The third-order valence-electron chi connectivity index (χ3n) is 4.25. The lowest BCUT2D eigenvalue weighted by molar-refractivity contribution is -0.118. The Balaban J connectivity index is 2.07. The van der Waals surface area contributed by atoms with Crippen LogP contribution in [0.1, 0.15) is 39.2 Å². The van der Waals surface area contributed by atoms with Gasteiger partial charge in [0.25, 0.3) is 0 Å². The number of halogens is 2. The minimum absolute atomic E-state index is 0.319. The molecule has 0 atom stereocenters. The van der Waals surface area contributed by atoms with E-state index < -0.39 is 11.0 Å². The van der Waals surface area contributed by atoms with Gasteiger partial charge in [0.15, 0.2) is 0 Å². The van der Waals surface area contributed by atoms with Crippen molar-refractivity contribution < 1.29 is 18.7 Å². The highest BCUT2D eigenvalue weighted by molar-refractivity contribution is 9.10. The van der Waals surface area contributed by atoms with Crippen LogP contribution in [0.15, 0.2) is 22.7 Å². The fraction of sp³-hybridized carbons (Fsp3) is 0.556. The third-order valence-corrected chi connectivity index (χ3v) is 4.99. The number of carbonyl (C=O) groups excluding carboxylic acids is 2. The lowest BCUT2D eigenvalue weighted by atomic mass is 9.75. The summed E-state index contributed by atoms with van der Waals surface area (Å²) < 4.78 is 20.1. The molecule has 2 rings (SSSR count). The highest BCUT2D eigenvalue weighted by atomic mass is 79.9. The van der Waals surface area contributed by atoms with Crippen molar-refractivity contribution in [1.82, 2.24) is 4.90 Å². The van der Waals surface area contributed by atoms with E-state index in [4.69, 9.17) is 4.74 Å². The van der Waals surface area contributed by atoms with Crippen LogP contribution < -0.4 is 0 Å². The number of likely N-dealkylation sites (tertiary alicyclic amines) is 1. The van der Waals surface area contributed by atoms with Crippen molar-refractivity contribution in [3.63, 3.8) is 0 Å². The molecule has 1 amide bonds. The second kappa shape index (κ2) is 7.21. The summed E-state index contributed by atoms with van der Waals surface area (Å²) in [6.45, 7) is 6.32. The van der Waals surface area contributed by atoms with Gasteiger partial charge in [-0.25, -0.2) is 9.18 Å². The highest BCUT2D eigenvalue weighted by Crippen LogP contribution is 2.36. The summed E-state index contributed by atoms with van der Waals surface area (Å²) in [4.78, 5) is 25.5. The van der Waals surface area contributed by atoms with Crippen molar-refractivity contribution in [3.8, 4) is 0 Å². The Hall–Kier alpha value is -1.43. The Morgan fingerprint density at radius 2 is 2.00 bits per heavy atom. The summed E-state index contributed by atoms with van der Waals surface area (Å²) in [5, 5.41) is 0. The summed E-state index contributed by atoms with van der Waals surface area (Å²) in [7, 11) is 0. The van der Waals surface area contributed by atoms with Crippen LogP contribution in [0.25, 0.3) is 0 Å². The van der Waals surface area contributed by atoms with Crippen LogP contribution in [-0.2, 0) is 16.0 Å². The number of hydrogen-bond acceptors (Lipinski definition) is 3. The van der Waals surface area contributed by atoms with Gasteiger partial charge in [0.1, 0.15) is 17.7 Å². The van der Waals surface area contributed by atoms with Gasteiger partial charge in [-0.3, -0.25) is 0 Å². The first kappa shape index (κ1) is 18.9. The number of benzene rings is 1. The molecule has 0 bridgehead atoms. The Labute approximate surface area is 150 Å². The minimum atomic E-state index is -0.650. The van der Waals surface area contributed by atoms with Crippen LogP contribution in [0.3, 0.4) is 0 Å². The molecule has 1 aliphatic rings. The standard InChI is InChI=1S/C18H23BrFNO3/c1-17(2,3)24-16(23)21-9-7-18(12-22,8-10-21)11-13-14(19)5-4-6-15(13)20/h4-6,12H,7-11H2,1-3H3. The highest BCUT2D eigenvalue weighted by Gasteiger charge is 2.38. The third kappa shape index (κ3) is 4.56. The largest absolute Gasteiger partial charge is 0.444 e. The number of hydrogen-bond donors (Lipinski definition) is 0. The lowest BCUT2D eigenvalue weighted by Crippen LogP contribution is -2.46. The predicted octanol–water partition coefficient (Wildman–Crippen LogP) is 4.35. The number of rotatable bonds is 3. The molecule has 0 saturated carbocycles. The average Bonchev–Trinajstić information content (AvgIpc) is 2.50. The van der Waals surface area contributed by atoms with Gasteiger partial charge in [-0.15, -0.1) is 0 Å². The topological polar surface area (TPSA) is 46.6 Å². The lowest BCUT2D eigenvalue weighted by Gasteiger charge is -2.39. The molecule has 0 N–H and O–H groups in total. The molecule has 1 saturated heterocycles. The van der Waals surface area contributed by atoms with Crippen molar-refractivity contribution in [2.24, 2.45) is 5.41 Å². The zero-order chi connectivity index (χ0) is 18.0. The van der Waals surface area contributed by atoms with Crippen molar-refractivity contribution >= 4 is 28.3 Å². The Bertz CT molecular complexity index is 599. The number of piperidine rings is 1. The number of nitrogens with zero attached hydrogens (tertiary/aromatic N) is 1. The molecule has 1 fully saturated rings. The van der Waals surface area contributed by atoms with E-state index in [-0.39, 0.29) is 11.9 Å². The summed E-state index contributed by atoms with van der Waals surface area (Å²) in [5.74, 6) is -0.319. The average molecular weight is 400 g/mol. The maximum Gasteiger partial charge on any atom is 0.410 e. The molecular formula is C18H23BrFNO3. The molecule has 0 radical (unpaired) electrons. The van der Waals surface area contributed by atoms with Crippen LogP contribution in [-0.4, -0.2) is 36.0 Å². The van der Waals surface area contributed by atoms with E-state index in [0.29, 0.717) is 42.4 Å². The number of aldehydes is 1. The van der Waals surface area contributed by atoms with Gasteiger partial charge >= 0.3 is 6.09 Å². The molecule has 0 spiro atoms. The molecule has 0 aliphatic carbocycles. The maximum atomic E-state index is 14.1. The molecule has 1 aromatic rings. The predicted molar refractivity (Wildman–Crippen MR) is 93.3 cm³/mol. The Morgan fingerprint density at radius 3 is 2.50 bits per heavy atom. The van der Waals surface area contributed by atoms with Crippen LogP contribution in [0.5, 0.6) is 0 Å². The molecule has 0 unspecified atom stereocenters. The first-order valence-electron chi connectivity index (χ1n) is 8.03. The van der Waals surface area contributed by atoms with E-state index >= 15 is 0 Å². The van der Waals surface area contributed by atoms with Crippen molar-refractivity contribution in [3.05, 3.63) is 34.1 Å². The van der Waals surface area contributed by atoms with Crippen LogP contribution in [0.2, 0.25) is 0 Å². The molecule has 1 aromatic carbocycles. The van der Waals surface area contributed by atoms with Gasteiger partial charge in [-0.2, -0.15) is 0 Å². The van der Waals surface area contributed by atoms with Crippen molar-refractivity contribution in [2.45, 2.75) is 45.6 Å². The van der Waals surface area contributed by atoms with E-state index in [2.05, 4.69) is 15.9 Å². The Kier molecular flexibility index (Phi) is 5.68. The first-order chi connectivity index (χ1) is 11.2. The second-order valence-corrected chi connectivity index (χ2v) is 8.18. The molecule has 0 aromatic heterocycles. The molecular weight excluding hydrogens is 377 g/mol. The van der Waals surface area contributed by atoms with Gasteiger partial charge in [-0.05, 0) is 52.2 Å². The van der Waals surface area contributed by atoms with E-state index in [9.17, 15) is 14.0 Å². The number of amides is 1. The number of ether oxygens (including phenoxy) is 1. The molecule has 6 heteroatoms. The van der Waals surface area contributed by atoms with Crippen LogP contribution in [0.4, 0.5) is 9.18 Å². The van der Waals surface area contributed by atoms with Gasteiger partial charge in [0, 0.05) is 28.5 Å². The van der Waals surface area contributed by atoms with Gasteiger partial charge in [0.05, 0.1) is 0 Å². The SMILES string of the molecule is CC(C)(C)OC(=O)N1CCC(C=O)(Cc2c(F)cccc2Br)CC1. The van der Waals surface area contributed by atoms with Crippen LogP contribution >= 0.6 is 15.9 Å². The normalized spacial score (nSPS) is 17.5. The monoisotopic (exact) mass is 399 g/mol. The van der Waals surface area contributed by atoms with Crippen LogP contribution in [0, 0.1) is 11.2 Å². The van der Waals surface area contributed by atoms with E-state index in [1.54, 1.807) is 17.0 Å². The molecule has 132 valence electrons. The summed E-state index contributed by atoms with van der Waals surface area (Å²) >= 11 is 3.35. The minimum Gasteiger partial charge on any atom is -0.444 e. The smallest absolute Gasteiger partial charge is 0.410 e. The quantitative estimate of drug-likeness (QED) is 0.709. The summed E-state index contributed by atoms with van der Waals surface area (Å²) in [6.07, 6.45) is 1.87. The fourth-order valence-corrected chi connectivity index (χ4v) is 3.33. The maximum absolute atomic E-state index is 14.1. The van der Waals surface area contributed by atoms with Gasteiger partial charge in [-0.1, -0.05) is 22.0 Å². The number of carbonyl (C=O) groups is 2. The van der Waals surface area contributed by atoms with E-state index in [0.717, 1.165) is 6.29 Å². The Morgan fingerprint density at radius 1 is 1.38 bits per heavy atom. The molecule has 24 heavy (non-hydrogen) atoms. The molecule has 4 nitrogen and oxygen atoms in total. The summed E-state index contributed by atoms with van der Waals surface area (Å²) in [5.41, 5.74) is -0.687. The van der Waals surface area contributed by atoms with Gasteiger partial charge in [0.2, 0.25) is 0 Å². The van der Waals surface area contributed by atoms with E-state index in [1.165, 1.54) is 6.07 Å².